The summed E-state index contributed by atoms with van der Waals surface area (Å²) < 4.78 is 32.6. The number of hydrogen-bond donors (Lipinski definition) is 1. The molecule has 6 nitrogen and oxygen atoms in total. The molecule has 0 aliphatic carbocycles. The maximum atomic E-state index is 13.9. The van der Waals surface area contributed by atoms with Gasteiger partial charge in [0, 0.05) is 31.3 Å². The molecule has 2 atom stereocenters. The number of hydrogen-bond acceptors (Lipinski definition) is 3. The second-order valence-electron chi connectivity index (χ2n) is 6.67. The van der Waals surface area contributed by atoms with Crippen molar-refractivity contribution < 1.29 is 23.1 Å². The summed E-state index contributed by atoms with van der Waals surface area (Å²) in [6.45, 7) is 1.14. The predicted octanol–water partition coefficient (Wildman–Crippen LogP) is 2.79. The van der Waals surface area contributed by atoms with Gasteiger partial charge in [0.05, 0.1) is 13.7 Å². The minimum absolute atomic E-state index is 0.000271. The van der Waals surface area contributed by atoms with Crippen LogP contribution in [0.1, 0.15) is 25.7 Å². The van der Waals surface area contributed by atoms with Crippen molar-refractivity contribution in [3.63, 3.8) is 0 Å². The number of benzene rings is 1. The van der Waals surface area contributed by atoms with Crippen molar-refractivity contribution in [3.8, 4) is 5.75 Å². The number of halogens is 2. The van der Waals surface area contributed by atoms with Crippen molar-refractivity contribution in [2.75, 3.05) is 32.1 Å². The fourth-order valence-corrected chi connectivity index (χ4v) is 3.51. The van der Waals surface area contributed by atoms with Gasteiger partial charge in [0.2, 0.25) is 5.91 Å². The lowest BCUT2D eigenvalue weighted by molar-refractivity contribution is -0.136. The second-order valence-corrected chi connectivity index (χ2v) is 6.67. The van der Waals surface area contributed by atoms with E-state index in [9.17, 15) is 18.4 Å². The van der Waals surface area contributed by atoms with Crippen LogP contribution in [0.5, 0.6) is 5.75 Å². The van der Waals surface area contributed by atoms with Gasteiger partial charge in [-0.1, -0.05) is 0 Å². The summed E-state index contributed by atoms with van der Waals surface area (Å²) in [5.41, 5.74) is 0.222. The lowest BCUT2D eigenvalue weighted by atomic mass is 10.1. The Morgan fingerprint density at radius 1 is 1.23 bits per heavy atom. The molecule has 3 amide bonds. The zero-order valence-electron chi connectivity index (χ0n) is 14.7. The summed E-state index contributed by atoms with van der Waals surface area (Å²) in [5.74, 6) is -0.761. The number of methoxy groups -OCH3 is 1. The summed E-state index contributed by atoms with van der Waals surface area (Å²) in [4.78, 5) is 28.2. The van der Waals surface area contributed by atoms with Crippen molar-refractivity contribution in [1.82, 2.24) is 9.80 Å². The number of carbonyl (C=O) groups excluding carboxylic acids is 2. The van der Waals surface area contributed by atoms with Crippen molar-refractivity contribution in [3.05, 3.63) is 24.0 Å². The number of nitrogens with one attached hydrogen (secondary N) is 1. The quantitative estimate of drug-likeness (QED) is 0.894. The Morgan fingerprint density at radius 3 is 2.62 bits per heavy atom. The third-order valence-corrected chi connectivity index (χ3v) is 4.87. The molecular weight excluding hydrogens is 344 g/mol. The average Bonchev–Trinajstić information content (AvgIpc) is 3.04. The number of ether oxygens (including phenoxy) is 1. The Kier molecular flexibility index (Phi) is 5.58. The van der Waals surface area contributed by atoms with Crippen LogP contribution in [0.15, 0.2) is 18.2 Å². The molecule has 0 aromatic heterocycles. The Labute approximate surface area is 151 Å². The van der Waals surface area contributed by atoms with E-state index in [1.165, 1.54) is 24.1 Å². The summed E-state index contributed by atoms with van der Waals surface area (Å²) >= 11 is 0. The van der Waals surface area contributed by atoms with Gasteiger partial charge in [0.15, 0.2) is 11.6 Å². The SMILES string of the molecule is COc1ccc(NC(=O)N2C[C@@H](F)C[C@H]2C(=O)N2CCCCC2)cc1F. The van der Waals surface area contributed by atoms with E-state index >= 15 is 0 Å². The molecular formula is C18H23F2N3O3. The van der Waals surface area contributed by atoms with Crippen LogP contribution in [-0.4, -0.2) is 60.7 Å². The molecule has 1 aromatic rings. The van der Waals surface area contributed by atoms with Crippen LogP contribution in [0.25, 0.3) is 0 Å². The largest absolute Gasteiger partial charge is 0.494 e. The van der Waals surface area contributed by atoms with Gasteiger partial charge in [-0.3, -0.25) is 4.79 Å². The molecule has 26 heavy (non-hydrogen) atoms. The summed E-state index contributed by atoms with van der Waals surface area (Å²) in [6.07, 6.45) is 1.68. The molecule has 0 spiro atoms. The van der Waals surface area contributed by atoms with Crippen molar-refractivity contribution in [2.24, 2.45) is 0 Å². The van der Waals surface area contributed by atoms with Crippen LogP contribution in [0.4, 0.5) is 19.3 Å². The van der Waals surface area contributed by atoms with Gasteiger partial charge in [0.1, 0.15) is 12.2 Å². The molecule has 142 valence electrons. The fourth-order valence-electron chi connectivity index (χ4n) is 3.51. The first-order valence-electron chi connectivity index (χ1n) is 8.83. The van der Waals surface area contributed by atoms with E-state index in [1.54, 1.807) is 4.90 Å². The second kappa shape index (κ2) is 7.88. The highest BCUT2D eigenvalue weighted by atomic mass is 19.1. The van der Waals surface area contributed by atoms with Crippen LogP contribution in [-0.2, 0) is 4.79 Å². The number of carbonyl (C=O) groups is 2. The molecule has 0 saturated carbocycles. The van der Waals surface area contributed by atoms with Crippen LogP contribution in [0.2, 0.25) is 0 Å². The summed E-state index contributed by atoms with van der Waals surface area (Å²) in [6, 6.07) is 2.59. The molecule has 1 aromatic carbocycles. The van der Waals surface area contributed by atoms with Gasteiger partial charge in [-0.25, -0.2) is 13.6 Å². The van der Waals surface area contributed by atoms with E-state index in [2.05, 4.69) is 5.32 Å². The van der Waals surface area contributed by atoms with E-state index in [-0.39, 0.29) is 30.3 Å². The van der Waals surface area contributed by atoms with E-state index in [4.69, 9.17) is 4.74 Å². The highest BCUT2D eigenvalue weighted by molar-refractivity contribution is 5.94. The Hall–Kier alpha value is -2.38. The maximum Gasteiger partial charge on any atom is 0.322 e. The predicted molar refractivity (Wildman–Crippen MR) is 92.4 cm³/mol. The van der Waals surface area contributed by atoms with Crippen molar-refractivity contribution in [2.45, 2.75) is 37.9 Å². The molecule has 3 rings (SSSR count). The third kappa shape index (κ3) is 3.89. The third-order valence-electron chi connectivity index (χ3n) is 4.87. The minimum atomic E-state index is -1.24. The lowest BCUT2D eigenvalue weighted by Gasteiger charge is -2.32. The average molecular weight is 367 g/mol. The van der Waals surface area contributed by atoms with Gasteiger partial charge in [-0.05, 0) is 31.4 Å². The molecule has 0 unspecified atom stereocenters. The molecule has 2 heterocycles. The van der Waals surface area contributed by atoms with Crippen LogP contribution in [0.3, 0.4) is 0 Å². The minimum Gasteiger partial charge on any atom is -0.494 e. The molecule has 2 fully saturated rings. The van der Waals surface area contributed by atoms with E-state index in [0.29, 0.717) is 13.1 Å². The molecule has 8 heteroatoms. The van der Waals surface area contributed by atoms with Gasteiger partial charge in [0.25, 0.3) is 0 Å². The first-order valence-corrected chi connectivity index (χ1v) is 8.83. The number of anilines is 1. The van der Waals surface area contributed by atoms with E-state index in [0.717, 1.165) is 25.3 Å². The zero-order chi connectivity index (χ0) is 18.7. The number of piperidine rings is 1. The molecule has 0 radical (unpaired) electrons. The van der Waals surface area contributed by atoms with E-state index < -0.39 is 24.1 Å². The maximum absolute atomic E-state index is 13.9. The number of rotatable bonds is 3. The summed E-state index contributed by atoms with van der Waals surface area (Å²) in [7, 11) is 1.35. The normalized spacial score (nSPS) is 23.0. The van der Waals surface area contributed by atoms with Crippen molar-refractivity contribution >= 4 is 17.6 Å². The van der Waals surface area contributed by atoms with Crippen LogP contribution in [0, 0.1) is 5.82 Å². The Balaban J connectivity index is 1.70. The first-order chi connectivity index (χ1) is 12.5. The molecule has 2 aliphatic heterocycles. The van der Waals surface area contributed by atoms with Gasteiger partial charge in [-0.2, -0.15) is 0 Å². The van der Waals surface area contributed by atoms with Crippen molar-refractivity contribution in [1.29, 1.82) is 0 Å². The van der Waals surface area contributed by atoms with Crippen LogP contribution < -0.4 is 10.1 Å². The van der Waals surface area contributed by atoms with Gasteiger partial charge < -0.3 is 19.9 Å². The Bertz CT molecular complexity index is 680. The molecule has 1 N–H and O–H groups in total. The lowest BCUT2D eigenvalue weighted by Crippen LogP contribution is -2.50. The zero-order valence-corrected chi connectivity index (χ0v) is 14.7. The highest BCUT2D eigenvalue weighted by Gasteiger charge is 2.41. The molecule has 2 aliphatic rings. The topological polar surface area (TPSA) is 61.9 Å². The number of amides is 3. The highest BCUT2D eigenvalue weighted by Crippen LogP contribution is 2.26. The van der Waals surface area contributed by atoms with Crippen LogP contribution >= 0.6 is 0 Å². The monoisotopic (exact) mass is 367 g/mol. The standard InChI is InChI=1S/C18H23F2N3O3/c1-26-16-6-5-13(10-14(16)20)21-18(25)23-11-12(19)9-15(23)17(24)22-7-3-2-4-8-22/h5-6,10,12,15H,2-4,7-9,11H2,1H3,(H,21,25)/t12-,15-/m0/s1. The first kappa shape index (κ1) is 18.4. The van der Waals surface area contributed by atoms with E-state index in [1.807, 2.05) is 0 Å². The number of likely N-dealkylation sites (tertiary alicyclic amines) is 2. The van der Waals surface area contributed by atoms with Gasteiger partial charge in [-0.15, -0.1) is 0 Å². The number of urea groups is 1. The Morgan fingerprint density at radius 2 is 1.96 bits per heavy atom. The smallest absolute Gasteiger partial charge is 0.322 e. The molecule has 0 bridgehead atoms. The number of nitrogens with zero attached hydrogens (tertiary/aromatic N) is 2. The summed E-state index contributed by atoms with van der Waals surface area (Å²) in [5, 5.41) is 2.54. The number of alkyl halides is 1. The van der Waals surface area contributed by atoms with Gasteiger partial charge >= 0.3 is 6.03 Å². The molecule has 2 saturated heterocycles. The fraction of sp³-hybridized carbons (Fsp3) is 0.556.